The maximum absolute atomic E-state index is 13.9. The summed E-state index contributed by atoms with van der Waals surface area (Å²) in [5.74, 6) is 0.446. The van der Waals surface area contributed by atoms with Gasteiger partial charge in [-0.1, -0.05) is 95.1 Å². The Labute approximate surface area is 334 Å². The number of aromatic hydroxyl groups is 2. The molecule has 0 bridgehead atoms. The van der Waals surface area contributed by atoms with Crippen molar-refractivity contribution in [3.8, 4) is 17.2 Å². The normalized spacial score (nSPS) is 18.0. The first-order valence-electron chi connectivity index (χ1n) is 20.4. The van der Waals surface area contributed by atoms with Gasteiger partial charge >= 0.3 is 14.5 Å². The summed E-state index contributed by atoms with van der Waals surface area (Å²) in [6.07, 6.45) is 7.95. The number of nitrogens with zero attached hydrogens (tertiary/aromatic N) is 2. The zero-order chi connectivity index (χ0) is 41.8. The molecule has 0 radical (unpaired) electrons. The Bertz CT molecular complexity index is 1680. The molecule has 308 valence electrons. The molecule has 1 aliphatic rings. The highest BCUT2D eigenvalue weighted by atomic mass is 28.4. The van der Waals surface area contributed by atoms with Crippen LogP contribution in [0.2, 0.25) is 12.6 Å². The van der Waals surface area contributed by atoms with Gasteiger partial charge in [-0.2, -0.15) is 0 Å². The van der Waals surface area contributed by atoms with E-state index < -0.39 is 19.4 Å². The van der Waals surface area contributed by atoms with E-state index in [9.17, 15) is 15.0 Å². The van der Waals surface area contributed by atoms with Gasteiger partial charge < -0.3 is 23.8 Å². The molecule has 2 aromatic carbocycles. The molecule has 3 rings (SSSR count). The molecular weight excluding hydrogens is 705 g/mol. The van der Waals surface area contributed by atoms with E-state index in [0.717, 1.165) is 48.4 Å². The van der Waals surface area contributed by atoms with Crippen molar-refractivity contribution >= 4 is 27.0 Å². The summed E-state index contributed by atoms with van der Waals surface area (Å²) in [6.45, 7) is 34.4. The van der Waals surface area contributed by atoms with E-state index in [0.29, 0.717) is 36.5 Å². The first kappa shape index (κ1) is 46.4. The zero-order valence-corrected chi connectivity index (χ0v) is 38.2. The Morgan fingerprint density at radius 2 is 1.18 bits per heavy atom. The number of ether oxygens (including phenoxy) is 1. The summed E-state index contributed by atoms with van der Waals surface area (Å²) in [5.41, 5.74) is 2.18. The Morgan fingerprint density at radius 1 is 0.727 bits per heavy atom. The number of aliphatic imine (C=N–C) groups is 2. The summed E-state index contributed by atoms with van der Waals surface area (Å²) < 4.78 is 18.4. The Hall–Kier alpha value is -3.01. The van der Waals surface area contributed by atoms with Gasteiger partial charge in [0.1, 0.15) is 17.2 Å². The molecule has 0 spiro atoms. The lowest BCUT2D eigenvalue weighted by atomic mass is 9.76. The van der Waals surface area contributed by atoms with E-state index in [1.807, 2.05) is 54.7 Å². The van der Waals surface area contributed by atoms with Crippen LogP contribution < -0.4 is 4.74 Å². The fourth-order valence-corrected chi connectivity index (χ4v) is 11.5. The monoisotopic (exact) mass is 779 g/mol. The van der Waals surface area contributed by atoms with Crippen LogP contribution in [0.1, 0.15) is 164 Å². The molecule has 2 atom stereocenters. The second kappa shape index (κ2) is 17.6. The second-order valence-corrected chi connectivity index (χ2v) is 23.6. The number of carbonyl (C=O) groups is 1. The standard InChI is InChI=1S/C46H74N2O6Si/c1-17-52-55(16,53-18-2)30-45(12,13)29-46(14,15)41(51)54-34-24-32(40(50)36(26-34)44(9,10)11)28-48-38-22-20-19-21-37(38)47-27-31-23-33(42(3,4)5)25-35(39(31)49)43(6,7)8/h23-28,37-38,49-50H,17-22,29-30H2,1-16H3. The molecular formula is C46H74N2O6Si. The fraction of sp³-hybridized carbons (Fsp3) is 0.674. The van der Waals surface area contributed by atoms with Crippen molar-refractivity contribution in [2.45, 2.75) is 177 Å². The molecule has 9 heteroatoms. The third-order valence-electron chi connectivity index (χ3n) is 10.6. The number of esters is 1. The van der Waals surface area contributed by atoms with E-state index in [-0.39, 0.29) is 45.8 Å². The van der Waals surface area contributed by atoms with Crippen LogP contribution in [0.15, 0.2) is 34.3 Å². The molecule has 0 aromatic heterocycles. The first-order chi connectivity index (χ1) is 25.1. The minimum atomic E-state index is -2.42. The van der Waals surface area contributed by atoms with Crippen molar-refractivity contribution < 1.29 is 28.6 Å². The number of hydrogen-bond donors (Lipinski definition) is 2. The van der Waals surface area contributed by atoms with E-state index >= 15 is 0 Å². The predicted molar refractivity (Wildman–Crippen MR) is 231 cm³/mol. The average molecular weight is 779 g/mol. The van der Waals surface area contributed by atoms with Crippen molar-refractivity contribution in [3.63, 3.8) is 0 Å². The quantitative estimate of drug-likeness (QED) is 0.0855. The van der Waals surface area contributed by atoms with Gasteiger partial charge in [-0.15, -0.1) is 0 Å². The molecule has 0 amide bonds. The molecule has 0 heterocycles. The predicted octanol–water partition coefficient (Wildman–Crippen LogP) is 11.3. The van der Waals surface area contributed by atoms with Crippen molar-refractivity contribution in [1.82, 2.24) is 0 Å². The number of hydrogen-bond acceptors (Lipinski definition) is 8. The van der Waals surface area contributed by atoms with E-state index in [1.165, 1.54) is 0 Å². The Kier molecular flexibility index (Phi) is 14.9. The lowest BCUT2D eigenvalue weighted by Crippen LogP contribution is -2.44. The van der Waals surface area contributed by atoms with Crippen molar-refractivity contribution in [1.29, 1.82) is 0 Å². The molecule has 8 nitrogen and oxygen atoms in total. The molecule has 0 saturated heterocycles. The largest absolute Gasteiger partial charge is 0.507 e. The fourth-order valence-electron chi connectivity index (χ4n) is 8.11. The lowest BCUT2D eigenvalue weighted by molar-refractivity contribution is -0.145. The summed E-state index contributed by atoms with van der Waals surface area (Å²) in [5, 5.41) is 22.9. The van der Waals surface area contributed by atoms with Gasteiger partial charge in [0, 0.05) is 47.9 Å². The lowest BCUT2D eigenvalue weighted by Gasteiger charge is -2.38. The number of rotatable bonds is 14. The van der Waals surface area contributed by atoms with Gasteiger partial charge in [0.05, 0.1) is 17.5 Å². The zero-order valence-electron chi connectivity index (χ0n) is 37.2. The topological polar surface area (TPSA) is 110 Å². The minimum absolute atomic E-state index is 0.0782. The van der Waals surface area contributed by atoms with Gasteiger partial charge in [-0.3, -0.25) is 14.8 Å². The second-order valence-electron chi connectivity index (χ2n) is 20.4. The third-order valence-corrected chi connectivity index (χ3v) is 14.0. The highest BCUT2D eigenvalue weighted by Gasteiger charge is 2.43. The van der Waals surface area contributed by atoms with Gasteiger partial charge in [0.25, 0.3) is 0 Å². The van der Waals surface area contributed by atoms with Crippen LogP contribution in [0.4, 0.5) is 0 Å². The Balaban J connectivity index is 1.94. The smallest absolute Gasteiger partial charge is 0.335 e. The molecule has 1 fully saturated rings. The van der Waals surface area contributed by atoms with Crippen molar-refractivity contribution in [3.05, 3.63) is 52.1 Å². The van der Waals surface area contributed by atoms with Crippen molar-refractivity contribution in [2.75, 3.05) is 13.2 Å². The van der Waals surface area contributed by atoms with Crippen LogP contribution >= 0.6 is 0 Å². The van der Waals surface area contributed by atoms with E-state index in [1.54, 1.807) is 18.3 Å². The van der Waals surface area contributed by atoms with Crippen LogP contribution in [0.5, 0.6) is 17.2 Å². The van der Waals surface area contributed by atoms with E-state index in [4.69, 9.17) is 23.6 Å². The summed E-state index contributed by atoms with van der Waals surface area (Å²) in [4.78, 5) is 24.0. The third kappa shape index (κ3) is 12.7. The van der Waals surface area contributed by atoms with Gasteiger partial charge in [-0.05, 0) is 105 Å². The maximum atomic E-state index is 13.9. The van der Waals surface area contributed by atoms with Crippen LogP contribution in [-0.4, -0.2) is 62.5 Å². The summed E-state index contributed by atoms with van der Waals surface area (Å²) in [6, 6.07) is 8.23. The van der Waals surface area contributed by atoms with Crippen molar-refractivity contribution in [2.24, 2.45) is 20.8 Å². The van der Waals surface area contributed by atoms with Crippen LogP contribution in [0.3, 0.4) is 0 Å². The SMILES string of the molecule is CCO[Si](C)(CC(C)(C)CC(C)(C)C(=O)Oc1cc(C=NC2CCCCC2N=Cc2cc(C(C)(C)C)cc(C(C)(C)C)c2O)c(O)c(C(C)(C)C)c1)OCC. The molecule has 2 unspecified atom stereocenters. The van der Waals surface area contributed by atoms with Crippen LogP contribution in [-0.2, 0) is 29.9 Å². The maximum Gasteiger partial charge on any atom is 0.335 e. The summed E-state index contributed by atoms with van der Waals surface area (Å²) >= 11 is 0. The number of phenols is 2. The van der Waals surface area contributed by atoms with Gasteiger partial charge in [0.2, 0.25) is 0 Å². The van der Waals surface area contributed by atoms with E-state index in [2.05, 4.69) is 74.1 Å². The molecule has 2 aromatic rings. The average Bonchev–Trinajstić information content (AvgIpc) is 3.02. The van der Waals surface area contributed by atoms with Crippen LogP contribution in [0, 0.1) is 10.8 Å². The number of phenolic OH excluding ortho intramolecular Hbond substituents is 2. The number of carbonyl (C=O) groups excluding carboxylic acids is 1. The number of benzene rings is 2. The highest BCUT2D eigenvalue weighted by Crippen LogP contribution is 2.43. The van der Waals surface area contributed by atoms with Crippen LogP contribution in [0.25, 0.3) is 0 Å². The molecule has 1 saturated carbocycles. The van der Waals surface area contributed by atoms with Gasteiger partial charge in [-0.25, -0.2) is 0 Å². The molecule has 55 heavy (non-hydrogen) atoms. The molecule has 2 N–H and O–H groups in total. The molecule has 0 aliphatic heterocycles. The summed E-state index contributed by atoms with van der Waals surface area (Å²) in [7, 11) is -2.42. The Morgan fingerprint density at radius 3 is 1.62 bits per heavy atom. The molecule has 1 aliphatic carbocycles. The van der Waals surface area contributed by atoms with Gasteiger partial charge in [0.15, 0.2) is 0 Å². The minimum Gasteiger partial charge on any atom is -0.507 e. The first-order valence-corrected chi connectivity index (χ1v) is 23.0. The highest BCUT2D eigenvalue weighted by molar-refractivity contribution is 6.66.